The number of fused-ring (bicyclic) bond motifs is 1. The first-order valence-corrected chi connectivity index (χ1v) is 22.5. The molecule has 21 nitrogen and oxygen atoms in total. The number of anilines is 2. The van der Waals surface area contributed by atoms with Crippen LogP contribution in [0.4, 0.5) is 11.4 Å². The normalized spacial score (nSPS) is 15.5. The van der Waals surface area contributed by atoms with Crippen LogP contribution >= 0.6 is 113 Å². The number of aliphatic hydroxyl groups excluding tert-OH is 8. The molecule has 59 heavy (non-hydrogen) atoms. The van der Waals surface area contributed by atoms with Gasteiger partial charge in [-0.25, -0.2) is 0 Å². The van der Waals surface area contributed by atoms with Gasteiger partial charge in [-0.2, -0.15) is 0 Å². The number of nitrogens with zero attached hydrogens (tertiary/aromatic N) is 2. The third kappa shape index (κ3) is 12.7. The molecule has 5 atom stereocenters. The van der Waals surface area contributed by atoms with Crippen molar-refractivity contribution in [2.24, 2.45) is 0 Å². The Labute approximate surface area is 404 Å². The van der Waals surface area contributed by atoms with Crippen molar-refractivity contribution in [2.45, 2.75) is 30.5 Å². The fourth-order valence-electron chi connectivity index (χ4n) is 5.30. The SMILES string of the molecule is O=CN(CC1CN(C=O)c2c(I)c(C(=O)NCC(O)CO)c(I)c(C(=O)NCC(O)CO)c2O1)c1c(I)c(C(=O)NCC(O)CO)c(I)c(C(=O)NCC(O)CO)c1I. The molecule has 12 N–H and O–H groups in total. The van der Waals surface area contributed by atoms with Gasteiger partial charge in [-0.3, -0.25) is 28.8 Å². The molecule has 3 rings (SSSR count). The van der Waals surface area contributed by atoms with E-state index in [1.807, 2.05) is 0 Å². The highest BCUT2D eigenvalue weighted by Gasteiger charge is 2.39. The highest BCUT2D eigenvalue weighted by Crippen LogP contribution is 2.45. The number of hydrogen-bond donors (Lipinski definition) is 12. The molecule has 0 fully saturated rings. The molecule has 1 aliphatic heterocycles. The third-order valence-corrected chi connectivity index (χ3v) is 13.6. The van der Waals surface area contributed by atoms with E-state index in [9.17, 15) is 69.6 Å². The van der Waals surface area contributed by atoms with Crippen LogP contribution < -0.4 is 35.8 Å². The van der Waals surface area contributed by atoms with Crippen LogP contribution in [-0.4, -0.2) is 174 Å². The van der Waals surface area contributed by atoms with Gasteiger partial charge >= 0.3 is 0 Å². The summed E-state index contributed by atoms with van der Waals surface area (Å²) in [6.45, 7) is -4.87. The second-order valence-corrected chi connectivity index (χ2v) is 17.9. The highest BCUT2D eigenvalue weighted by atomic mass is 127. The summed E-state index contributed by atoms with van der Waals surface area (Å²) in [7, 11) is 0. The molecule has 1 heterocycles. The van der Waals surface area contributed by atoms with Crippen molar-refractivity contribution >= 4 is 161 Å². The van der Waals surface area contributed by atoms with Crippen LogP contribution in [0.5, 0.6) is 5.75 Å². The van der Waals surface area contributed by atoms with E-state index in [2.05, 4.69) is 21.3 Å². The van der Waals surface area contributed by atoms with Crippen LogP contribution in [0.2, 0.25) is 0 Å². The van der Waals surface area contributed by atoms with Crippen LogP contribution in [-0.2, 0) is 9.59 Å². The average molecular weight is 1390 g/mol. The number of amides is 6. The highest BCUT2D eigenvalue weighted by molar-refractivity contribution is 14.1. The van der Waals surface area contributed by atoms with Crippen molar-refractivity contribution in [2.75, 3.05) is 75.5 Å². The van der Waals surface area contributed by atoms with E-state index < -0.39 is 87.1 Å². The monoisotopic (exact) mass is 1390 g/mol. The molecule has 0 spiro atoms. The van der Waals surface area contributed by atoms with Gasteiger partial charge < -0.3 is 76.7 Å². The fraction of sp³-hybridized carbons (Fsp3) is 0.455. The van der Waals surface area contributed by atoms with Gasteiger partial charge in [0.1, 0.15) is 11.8 Å². The maximum Gasteiger partial charge on any atom is 0.256 e. The molecule has 0 radical (unpaired) electrons. The largest absolute Gasteiger partial charge is 0.484 e. The number of ether oxygens (including phenoxy) is 1. The van der Waals surface area contributed by atoms with Gasteiger partial charge in [-0.1, -0.05) is 0 Å². The first-order chi connectivity index (χ1) is 27.9. The lowest BCUT2D eigenvalue weighted by atomic mass is 10.0. The van der Waals surface area contributed by atoms with Gasteiger partial charge in [-0.05, 0) is 113 Å². The molecule has 26 heteroatoms. The summed E-state index contributed by atoms with van der Waals surface area (Å²) >= 11 is 8.88. The van der Waals surface area contributed by atoms with Crippen molar-refractivity contribution in [3.8, 4) is 5.75 Å². The molecule has 0 aliphatic carbocycles. The molecule has 5 unspecified atom stereocenters. The predicted molar refractivity (Wildman–Crippen MR) is 249 cm³/mol. The minimum atomic E-state index is -1.36. The number of hydrogen-bond acceptors (Lipinski definition) is 15. The minimum absolute atomic E-state index is 0.0119. The van der Waals surface area contributed by atoms with Crippen molar-refractivity contribution in [3.05, 3.63) is 40.1 Å². The summed E-state index contributed by atoms with van der Waals surface area (Å²) in [4.78, 5) is 82.5. The Morgan fingerprint density at radius 3 is 1.34 bits per heavy atom. The number of carbonyl (C=O) groups excluding carboxylic acids is 6. The van der Waals surface area contributed by atoms with Crippen molar-refractivity contribution in [1.82, 2.24) is 21.3 Å². The summed E-state index contributed by atoms with van der Waals surface area (Å²) in [6.07, 6.45) is -5.65. The smallest absolute Gasteiger partial charge is 0.256 e. The second-order valence-electron chi connectivity index (χ2n) is 12.5. The molecule has 0 saturated heterocycles. The zero-order valence-electron chi connectivity index (χ0n) is 30.3. The number of halogens is 5. The van der Waals surface area contributed by atoms with Crippen LogP contribution in [0.15, 0.2) is 0 Å². The van der Waals surface area contributed by atoms with E-state index >= 15 is 0 Å². The maximum atomic E-state index is 13.8. The van der Waals surface area contributed by atoms with Crippen molar-refractivity contribution in [3.63, 3.8) is 0 Å². The number of benzene rings is 2. The Morgan fingerprint density at radius 1 is 0.627 bits per heavy atom. The Morgan fingerprint density at radius 2 is 0.983 bits per heavy atom. The Bertz CT molecular complexity index is 1860. The van der Waals surface area contributed by atoms with Gasteiger partial charge in [0, 0.05) is 33.3 Å². The number of aliphatic hydroxyl groups is 8. The Hall–Kier alpha value is -1.61. The van der Waals surface area contributed by atoms with Gasteiger partial charge in [0.05, 0.1) is 103 Å². The standard InChI is InChI=1S/C33H39I5N6O15/c34-22-18(30(55)39-1-13(51)7-45)24(36)27(25(37)19(22)31(56)40-2-14(52)8-46)43(11-49)5-17-6-44(12-50)28-26(38)20(32(57)41-3-15(53)9-47)23(35)21(29(28)59-17)33(58)42-4-16(54)10-48/h11-17,45-48,51-54H,1-10H2,(H,39,55)(H,40,56)(H,41,57)(H,42,58). The van der Waals surface area contributed by atoms with Gasteiger partial charge in [0.15, 0.2) is 5.75 Å². The topological polar surface area (TPSA) is 328 Å². The molecule has 0 bridgehead atoms. The Balaban J connectivity index is 2.23. The van der Waals surface area contributed by atoms with Crippen LogP contribution in [0.1, 0.15) is 41.4 Å². The van der Waals surface area contributed by atoms with Gasteiger partial charge in [0.25, 0.3) is 23.6 Å². The predicted octanol–water partition coefficient (Wildman–Crippen LogP) is -2.57. The molecule has 2 aromatic rings. The van der Waals surface area contributed by atoms with Crippen LogP contribution in [0.3, 0.4) is 0 Å². The molecular formula is C33H39I5N6O15. The van der Waals surface area contributed by atoms with E-state index in [0.717, 1.165) is 9.80 Å². The lowest BCUT2D eigenvalue weighted by molar-refractivity contribution is -0.108. The average Bonchev–Trinajstić information content (AvgIpc) is 3.21. The minimum Gasteiger partial charge on any atom is -0.484 e. The van der Waals surface area contributed by atoms with E-state index in [4.69, 9.17) is 4.74 Å². The number of rotatable bonds is 21. The first-order valence-electron chi connectivity index (χ1n) is 17.1. The molecule has 0 aromatic heterocycles. The van der Waals surface area contributed by atoms with Crippen molar-refractivity contribution in [1.29, 1.82) is 0 Å². The molecule has 0 saturated carbocycles. The molecule has 326 valence electrons. The molecule has 6 amide bonds. The van der Waals surface area contributed by atoms with E-state index in [0.29, 0.717) is 12.8 Å². The van der Waals surface area contributed by atoms with Crippen LogP contribution in [0.25, 0.3) is 0 Å². The number of nitrogens with one attached hydrogen (secondary N) is 4. The quantitative estimate of drug-likeness (QED) is 0.0452. The lowest BCUT2D eigenvalue weighted by Crippen LogP contribution is -2.48. The number of carbonyl (C=O) groups is 6. The summed E-state index contributed by atoms with van der Waals surface area (Å²) < 4.78 is 6.96. The van der Waals surface area contributed by atoms with Gasteiger partial charge in [-0.15, -0.1) is 0 Å². The summed E-state index contributed by atoms with van der Waals surface area (Å²) in [5.41, 5.74) is -0.528. The maximum absolute atomic E-state index is 13.8. The van der Waals surface area contributed by atoms with E-state index in [1.54, 1.807) is 113 Å². The van der Waals surface area contributed by atoms with E-state index in [-0.39, 0.29) is 90.0 Å². The Kier molecular flexibility index (Phi) is 21.3. The third-order valence-electron chi connectivity index (χ3n) is 8.26. The van der Waals surface area contributed by atoms with Crippen LogP contribution in [0, 0.1) is 17.9 Å². The zero-order chi connectivity index (χ0) is 44.3. The molecule has 1 aliphatic rings. The second kappa shape index (κ2) is 24.3. The van der Waals surface area contributed by atoms with Crippen molar-refractivity contribution < 1.29 is 74.4 Å². The summed E-state index contributed by atoms with van der Waals surface area (Å²) in [5.74, 6) is -3.44. The zero-order valence-corrected chi connectivity index (χ0v) is 41.1. The van der Waals surface area contributed by atoms with E-state index in [1.165, 1.54) is 0 Å². The summed E-state index contributed by atoms with van der Waals surface area (Å²) in [6, 6.07) is 0. The fourth-order valence-corrected chi connectivity index (χ4v) is 12.7. The molecule has 2 aromatic carbocycles. The molecular weight excluding hydrogens is 1350 g/mol. The first kappa shape index (κ1) is 51.7. The van der Waals surface area contributed by atoms with Gasteiger partial charge in [0.2, 0.25) is 12.8 Å². The lowest BCUT2D eigenvalue weighted by Gasteiger charge is -2.37. The summed E-state index contributed by atoms with van der Waals surface area (Å²) in [5, 5.41) is 86.6.